The average molecular weight is 313 g/mol. The Balaban J connectivity index is 2.02. The number of rotatable bonds is 5. The van der Waals surface area contributed by atoms with Crippen LogP contribution in [0.25, 0.3) is 21.9 Å². The second-order valence-corrected chi connectivity index (χ2v) is 5.40. The third-order valence-electron chi connectivity index (χ3n) is 3.43. The summed E-state index contributed by atoms with van der Waals surface area (Å²) in [4.78, 5) is 0. The molecule has 1 atom stereocenters. The molecule has 5 heteroatoms. The van der Waals surface area contributed by atoms with Gasteiger partial charge in [0.25, 0.3) is 0 Å². The van der Waals surface area contributed by atoms with Crippen LogP contribution in [0, 0.1) is 0 Å². The molecule has 2 N–H and O–H groups in total. The van der Waals surface area contributed by atoms with Crippen LogP contribution in [0.15, 0.2) is 66.7 Å². The van der Waals surface area contributed by atoms with Crippen molar-refractivity contribution in [1.29, 1.82) is 0 Å². The van der Waals surface area contributed by atoms with Crippen molar-refractivity contribution < 1.29 is 12.9 Å². The fourth-order valence-corrected chi connectivity index (χ4v) is 2.65. The Morgan fingerprint density at radius 2 is 1.59 bits per heavy atom. The van der Waals surface area contributed by atoms with Crippen LogP contribution < -0.4 is 5.32 Å². The zero-order chi connectivity index (χ0) is 15.4. The molecular formula is C17H15NO3S. The molecule has 1 unspecified atom stereocenters. The first-order valence-electron chi connectivity index (χ1n) is 6.81. The van der Waals surface area contributed by atoms with Gasteiger partial charge >= 0.3 is 11.4 Å². The number of hydrogen-bond donors (Lipinski definition) is 2. The quantitative estimate of drug-likeness (QED) is 0.551. The molecule has 0 heterocycles. The van der Waals surface area contributed by atoms with E-state index < -0.39 is 11.4 Å². The molecule has 0 aliphatic carbocycles. The predicted molar refractivity (Wildman–Crippen MR) is 89.7 cm³/mol. The van der Waals surface area contributed by atoms with E-state index in [0.29, 0.717) is 0 Å². The van der Waals surface area contributed by atoms with Crippen molar-refractivity contribution in [2.75, 3.05) is 12.0 Å². The van der Waals surface area contributed by atoms with Gasteiger partial charge < -0.3 is 5.32 Å². The molecule has 0 saturated carbocycles. The van der Waals surface area contributed by atoms with Crippen molar-refractivity contribution in [1.82, 2.24) is 0 Å². The molecule has 4 nitrogen and oxygen atoms in total. The number of nitrogens with one attached hydrogen (secondary N) is 1. The van der Waals surface area contributed by atoms with Crippen LogP contribution >= 0.6 is 0 Å². The maximum atomic E-state index is 10.6. The molecule has 0 amide bonds. The maximum Gasteiger partial charge on any atom is 0.303 e. The largest absolute Gasteiger partial charge is 0.361 e. The van der Waals surface area contributed by atoms with Gasteiger partial charge in [0, 0.05) is 11.3 Å². The van der Waals surface area contributed by atoms with Gasteiger partial charge in [-0.1, -0.05) is 60.7 Å². The summed E-state index contributed by atoms with van der Waals surface area (Å²) in [6.45, 7) is -0.0368. The summed E-state index contributed by atoms with van der Waals surface area (Å²) < 4.78 is 23.9. The molecule has 22 heavy (non-hydrogen) atoms. The van der Waals surface area contributed by atoms with E-state index in [9.17, 15) is 4.21 Å². The Morgan fingerprint density at radius 1 is 0.909 bits per heavy atom. The molecule has 0 spiro atoms. The van der Waals surface area contributed by atoms with Crippen molar-refractivity contribution in [3.63, 3.8) is 0 Å². The van der Waals surface area contributed by atoms with Gasteiger partial charge in [0.05, 0.1) is 0 Å². The van der Waals surface area contributed by atoms with Crippen LogP contribution in [0.3, 0.4) is 0 Å². The van der Waals surface area contributed by atoms with Crippen LogP contribution in [0.1, 0.15) is 0 Å². The molecule has 0 aliphatic heterocycles. The Kier molecular flexibility index (Phi) is 4.48. The average Bonchev–Trinajstić information content (AvgIpc) is 2.54. The minimum atomic E-state index is -2.28. The summed E-state index contributed by atoms with van der Waals surface area (Å²) in [5.74, 6) is 0. The summed E-state index contributed by atoms with van der Waals surface area (Å²) >= 11 is -2.28. The van der Waals surface area contributed by atoms with Crippen molar-refractivity contribution >= 4 is 27.8 Å². The normalized spacial score (nSPS) is 12.2. The SMILES string of the molecule is O=S(O)OCNc1ccccc1-c1cccc2ccccc12. The molecule has 112 valence electrons. The fraction of sp³-hybridized carbons (Fsp3) is 0.0588. The van der Waals surface area contributed by atoms with E-state index in [1.54, 1.807) is 0 Å². The van der Waals surface area contributed by atoms with Crippen LogP contribution in [0.4, 0.5) is 5.69 Å². The van der Waals surface area contributed by atoms with Crippen LogP contribution in [-0.4, -0.2) is 15.5 Å². The Morgan fingerprint density at radius 3 is 2.45 bits per heavy atom. The Bertz CT molecular complexity index is 814. The van der Waals surface area contributed by atoms with Gasteiger partial charge in [-0.2, -0.15) is 4.21 Å². The highest BCUT2D eigenvalue weighted by molar-refractivity contribution is 7.74. The number of anilines is 1. The van der Waals surface area contributed by atoms with E-state index in [1.807, 2.05) is 42.5 Å². The van der Waals surface area contributed by atoms with Gasteiger partial charge in [0.1, 0.15) is 6.73 Å². The van der Waals surface area contributed by atoms with Gasteiger partial charge in [-0.3, -0.25) is 4.55 Å². The molecular weight excluding hydrogens is 298 g/mol. The van der Waals surface area contributed by atoms with E-state index in [-0.39, 0.29) is 6.73 Å². The first kappa shape index (κ1) is 14.7. The smallest absolute Gasteiger partial charge is 0.303 e. The lowest BCUT2D eigenvalue weighted by atomic mass is 9.97. The van der Waals surface area contributed by atoms with E-state index >= 15 is 0 Å². The lowest BCUT2D eigenvalue weighted by molar-refractivity contribution is 0.330. The highest BCUT2D eigenvalue weighted by Crippen LogP contribution is 2.33. The van der Waals surface area contributed by atoms with E-state index in [1.165, 1.54) is 5.39 Å². The van der Waals surface area contributed by atoms with Gasteiger partial charge in [-0.25, -0.2) is 4.18 Å². The zero-order valence-corrected chi connectivity index (χ0v) is 12.5. The molecule has 3 aromatic rings. The van der Waals surface area contributed by atoms with Gasteiger partial charge in [0.15, 0.2) is 0 Å². The minimum absolute atomic E-state index is 0.0368. The van der Waals surface area contributed by atoms with Crippen LogP contribution in [0.2, 0.25) is 0 Å². The van der Waals surface area contributed by atoms with Crippen molar-refractivity contribution in [2.24, 2.45) is 0 Å². The van der Waals surface area contributed by atoms with Crippen LogP contribution in [0.5, 0.6) is 0 Å². The fourth-order valence-electron chi connectivity index (χ4n) is 2.49. The molecule has 0 saturated heterocycles. The molecule has 3 rings (SSSR count). The first-order chi connectivity index (χ1) is 10.8. The summed E-state index contributed by atoms with van der Waals surface area (Å²) in [5.41, 5.74) is 2.97. The van der Waals surface area contributed by atoms with E-state index in [4.69, 9.17) is 4.55 Å². The molecule has 0 fully saturated rings. The highest BCUT2D eigenvalue weighted by atomic mass is 32.2. The maximum absolute atomic E-state index is 10.6. The summed E-state index contributed by atoms with van der Waals surface area (Å²) in [6.07, 6.45) is 0. The standard InChI is InChI=1S/C17H15NO3S/c19-22(20)21-12-18-17-11-4-3-9-16(17)15-10-5-7-13-6-1-2-8-14(13)15/h1-11,18H,12H2,(H,19,20). The third kappa shape index (κ3) is 3.17. The number of hydrogen-bond acceptors (Lipinski definition) is 3. The van der Waals surface area contributed by atoms with Gasteiger partial charge in [-0.05, 0) is 22.4 Å². The number of benzene rings is 3. The first-order valence-corrected chi connectivity index (χ1v) is 7.84. The molecule has 0 aliphatic rings. The summed E-state index contributed by atoms with van der Waals surface area (Å²) in [7, 11) is 0. The topological polar surface area (TPSA) is 58.6 Å². The van der Waals surface area contributed by atoms with Crippen molar-refractivity contribution in [3.8, 4) is 11.1 Å². The second-order valence-electron chi connectivity index (χ2n) is 4.73. The highest BCUT2D eigenvalue weighted by Gasteiger charge is 2.08. The Hall–Kier alpha value is -2.21. The summed E-state index contributed by atoms with van der Waals surface area (Å²) in [6, 6.07) is 22.2. The van der Waals surface area contributed by atoms with Gasteiger partial charge in [0.2, 0.25) is 0 Å². The molecule has 0 aromatic heterocycles. The van der Waals surface area contributed by atoms with E-state index in [0.717, 1.165) is 22.2 Å². The monoisotopic (exact) mass is 313 g/mol. The predicted octanol–water partition coefficient (Wildman–Crippen LogP) is 4.03. The van der Waals surface area contributed by atoms with Crippen LogP contribution in [-0.2, 0) is 15.5 Å². The second kappa shape index (κ2) is 6.70. The zero-order valence-electron chi connectivity index (χ0n) is 11.7. The molecule has 0 radical (unpaired) electrons. The summed E-state index contributed by atoms with van der Waals surface area (Å²) in [5, 5.41) is 5.36. The Labute approximate surface area is 131 Å². The third-order valence-corrected chi connectivity index (χ3v) is 3.75. The lowest BCUT2D eigenvalue weighted by Gasteiger charge is -2.13. The molecule has 3 aromatic carbocycles. The molecule has 0 bridgehead atoms. The number of para-hydroxylation sites is 1. The number of fused-ring (bicyclic) bond motifs is 1. The van der Waals surface area contributed by atoms with E-state index in [2.05, 4.69) is 33.8 Å². The van der Waals surface area contributed by atoms with Crippen molar-refractivity contribution in [2.45, 2.75) is 0 Å². The minimum Gasteiger partial charge on any atom is -0.361 e. The lowest BCUT2D eigenvalue weighted by Crippen LogP contribution is -2.08. The van der Waals surface area contributed by atoms with Gasteiger partial charge in [-0.15, -0.1) is 0 Å². The van der Waals surface area contributed by atoms with Crippen molar-refractivity contribution in [3.05, 3.63) is 66.7 Å².